The molecule has 0 spiro atoms. The van der Waals surface area contributed by atoms with Crippen LogP contribution in [0.5, 0.6) is 0 Å². The predicted octanol–water partition coefficient (Wildman–Crippen LogP) is 3.12. The van der Waals surface area contributed by atoms with Crippen molar-refractivity contribution in [3.05, 3.63) is 53.9 Å². The fourth-order valence-corrected chi connectivity index (χ4v) is 3.67. The molecule has 0 atom stereocenters. The summed E-state index contributed by atoms with van der Waals surface area (Å²) in [6, 6.07) is 11.4. The van der Waals surface area contributed by atoms with Gasteiger partial charge in [-0.1, -0.05) is 31.2 Å². The Bertz CT molecular complexity index is 990. The molecule has 2 aromatic heterocycles. The van der Waals surface area contributed by atoms with Crippen LogP contribution in [-0.2, 0) is 23.1 Å². The molecule has 6 nitrogen and oxygen atoms in total. The third-order valence-electron chi connectivity index (χ3n) is 4.09. The van der Waals surface area contributed by atoms with E-state index in [-0.39, 0.29) is 6.54 Å². The second-order valence-corrected chi connectivity index (χ2v) is 8.04. The first-order chi connectivity index (χ1) is 11.9. The lowest BCUT2D eigenvalue weighted by molar-refractivity contribution is 0.581. The van der Waals surface area contributed by atoms with Crippen molar-refractivity contribution in [1.29, 1.82) is 0 Å². The largest absolute Gasteiger partial charge is 0.268 e. The van der Waals surface area contributed by atoms with E-state index in [9.17, 15) is 8.42 Å². The highest BCUT2D eigenvalue weighted by molar-refractivity contribution is 7.92. The minimum absolute atomic E-state index is 0.204. The Balaban J connectivity index is 2.04. The maximum atomic E-state index is 12.4. The lowest BCUT2D eigenvalue weighted by Crippen LogP contribution is -2.30. The number of sulfonamides is 1. The van der Waals surface area contributed by atoms with E-state index in [2.05, 4.69) is 17.0 Å². The van der Waals surface area contributed by atoms with E-state index in [0.717, 1.165) is 35.1 Å². The molecular weight excluding hydrogens is 336 g/mol. The van der Waals surface area contributed by atoms with E-state index in [1.165, 1.54) is 10.6 Å². The van der Waals surface area contributed by atoms with Crippen LogP contribution in [0.1, 0.15) is 24.6 Å². The van der Waals surface area contributed by atoms with Crippen molar-refractivity contribution in [2.45, 2.75) is 33.4 Å². The highest BCUT2D eigenvalue weighted by Crippen LogP contribution is 2.24. The van der Waals surface area contributed by atoms with Crippen LogP contribution < -0.4 is 4.31 Å². The average Bonchev–Trinajstić information content (AvgIpc) is 2.92. The molecule has 0 aliphatic rings. The number of nitrogens with zero attached hydrogens (tertiary/aromatic N) is 4. The topological polar surface area (TPSA) is 68.1 Å². The van der Waals surface area contributed by atoms with E-state index < -0.39 is 10.0 Å². The smallest absolute Gasteiger partial charge is 0.233 e. The van der Waals surface area contributed by atoms with Crippen molar-refractivity contribution >= 4 is 26.7 Å². The third kappa shape index (κ3) is 3.66. The molecule has 0 amide bonds. The second kappa shape index (κ2) is 6.84. The van der Waals surface area contributed by atoms with Gasteiger partial charge in [0, 0.05) is 29.9 Å². The fraction of sp³-hybridized carbons (Fsp3) is 0.333. The van der Waals surface area contributed by atoms with Crippen molar-refractivity contribution < 1.29 is 8.42 Å². The van der Waals surface area contributed by atoms with Crippen LogP contribution in [0.4, 0.5) is 5.82 Å². The predicted molar refractivity (Wildman–Crippen MR) is 100 cm³/mol. The highest BCUT2D eigenvalue weighted by atomic mass is 32.2. The molecule has 132 valence electrons. The molecule has 2 heterocycles. The Morgan fingerprint density at radius 1 is 1.20 bits per heavy atom. The summed E-state index contributed by atoms with van der Waals surface area (Å²) < 4.78 is 28.0. The summed E-state index contributed by atoms with van der Waals surface area (Å²) in [6.07, 6.45) is 3.87. The van der Waals surface area contributed by atoms with Gasteiger partial charge in [0.1, 0.15) is 0 Å². The average molecular weight is 358 g/mol. The van der Waals surface area contributed by atoms with Gasteiger partial charge in [-0.3, -0.25) is 9.67 Å². The molecular formula is C18H22N4O2S. The van der Waals surface area contributed by atoms with Crippen LogP contribution in [0.25, 0.3) is 10.9 Å². The standard InChI is InChI=1S/C18H22N4O2S/c1-4-11-21-14(2)12-17(20-21)22(25(3,23)24)13-16-8-5-7-15-9-6-10-19-18(15)16/h5-10,12H,4,11,13H2,1-3H3. The van der Waals surface area contributed by atoms with Crippen molar-refractivity contribution in [1.82, 2.24) is 14.8 Å². The molecule has 25 heavy (non-hydrogen) atoms. The number of aryl methyl sites for hydroxylation is 2. The monoisotopic (exact) mass is 358 g/mol. The van der Waals surface area contributed by atoms with Crippen LogP contribution in [0.2, 0.25) is 0 Å². The Labute approximate surface area is 148 Å². The second-order valence-electron chi connectivity index (χ2n) is 6.13. The van der Waals surface area contributed by atoms with Crippen molar-refractivity contribution in [2.24, 2.45) is 0 Å². The minimum atomic E-state index is -3.47. The zero-order valence-corrected chi connectivity index (χ0v) is 15.5. The number of anilines is 1. The van der Waals surface area contributed by atoms with Gasteiger partial charge in [-0.15, -0.1) is 0 Å². The van der Waals surface area contributed by atoms with E-state index in [4.69, 9.17) is 0 Å². The first-order valence-corrected chi connectivity index (χ1v) is 10.1. The highest BCUT2D eigenvalue weighted by Gasteiger charge is 2.22. The van der Waals surface area contributed by atoms with Crippen LogP contribution in [0.15, 0.2) is 42.6 Å². The van der Waals surface area contributed by atoms with Gasteiger partial charge in [0.25, 0.3) is 0 Å². The van der Waals surface area contributed by atoms with Gasteiger partial charge in [-0.05, 0) is 25.0 Å². The van der Waals surface area contributed by atoms with Gasteiger partial charge in [0.15, 0.2) is 5.82 Å². The number of hydrogen-bond donors (Lipinski definition) is 0. The molecule has 1 aromatic carbocycles. The van der Waals surface area contributed by atoms with Crippen molar-refractivity contribution in [3.63, 3.8) is 0 Å². The molecule has 0 aliphatic heterocycles. The summed E-state index contributed by atoms with van der Waals surface area (Å²) in [5, 5.41) is 5.47. The number of pyridine rings is 1. The Morgan fingerprint density at radius 2 is 1.96 bits per heavy atom. The fourth-order valence-electron chi connectivity index (χ4n) is 2.87. The van der Waals surface area contributed by atoms with Gasteiger partial charge in [-0.25, -0.2) is 12.7 Å². The molecule has 0 N–H and O–H groups in total. The van der Waals surface area contributed by atoms with E-state index in [1.54, 1.807) is 6.20 Å². The summed E-state index contributed by atoms with van der Waals surface area (Å²) in [6.45, 7) is 4.97. The number of benzene rings is 1. The van der Waals surface area contributed by atoms with Crippen molar-refractivity contribution in [3.8, 4) is 0 Å². The van der Waals surface area contributed by atoms with E-state index in [1.807, 2.05) is 48.0 Å². The van der Waals surface area contributed by atoms with Gasteiger partial charge in [-0.2, -0.15) is 5.10 Å². The molecule has 0 radical (unpaired) electrons. The van der Waals surface area contributed by atoms with E-state index >= 15 is 0 Å². The van der Waals surface area contributed by atoms with Gasteiger partial charge in [0.05, 0.1) is 18.3 Å². The molecule has 0 saturated carbocycles. The zero-order chi connectivity index (χ0) is 18.0. The lowest BCUT2D eigenvalue weighted by Gasteiger charge is -2.20. The normalized spacial score (nSPS) is 11.8. The zero-order valence-electron chi connectivity index (χ0n) is 14.7. The first kappa shape index (κ1) is 17.4. The summed E-state index contributed by atoms with van der Waals surface area (Å²) in [5.41, 5.74) is 2.61. The summed E-state index contributed by atoms with van der Waals surface area (Å²) in [7, 11) is -3.47. The number of rotatable bonds is 6. The number of aromatic nitrogens is 3. The third-order valence-corrected chi connectivity index (χ3v) is 5.21. The maximum Gasteiger partial charge on any atom is 0.233 e. The summed E-state index contributed by atoms with van der Waals surface area (Å²) >= 11 is 0. The van der Waals surface area contributed by atoms with Crippen LogP contribution in [-0.4, -0.2) is 29.4 Å². The van der Waals surface area contributed by atoms with Crippen molar-refractivity contribution in [2.75, 3.05) is 10.6 Å². The molecule has 0 unspecified atom stereocenters. The molecule has 0 bridgehead atoms. The molecule has 0 saturated heterocycles. The minimum Gasteiger partial charge on any atom is -0.268 e. The van der Waals surface area contributed by atoms with Gasteiger partial charge in [0.2, 0.25) is 10.0 Å². The van der Waals surface area contributed by atoms with Crippen LogP contribution in [0, 0.1) is 6.92 Å². The lowest BCUT2D eigenvalue weighted by atomic mass is 10.1. The van der Waals surface area contributed by atoms with Crippen LogP contribution >= 0.6 is 0 Å². The molecule has 3 aromatic rings. The SMILES string of the molecule is CCCn1nc(N(Cc2cccc3cccnc23)S(C)(=O)=O)cc1C. The first-order valence-electron chi connectivity index (χ1n) is 8.25. The Kier molecular flexibility index (Phi) is 4.76. The van der Waals surface area contributed by atoms with Gasteiger partial charge >= 0.3 is 0 Å². The van der Waals surface area contributed by atoms with E-state index in [0.29, 0.717) is 5.82 Å². The summed E-state index contributed by atoms with van der Waals surface area (Å²) in [4.78, 5) is 4.42. The Hall–Kier alpha value is -2.41. The maximum absolute atomic E-state index is 12.4. The van der Waals surface area contributed by atoms with Crippen LogP contribution in [0.3, 0.4) is 0 Å². The molecule has 3 rings (SSSR count). The molecule has 0 fully saturated rings. The quantitative estimate of drug-likeness (QED) is 0.679. The Morgan fingerprint density at radius 3 is 2.68 bits per heavy atom. The number of hydrogen-bond acceptors (Lipinski definition) is 4. The number of fused-ring (bicyclic) bond motifs is 1. The van der Waals surface area contributed by atoms with Gasteiger partial charge < -0.3 is 0 Å². The number of para-hydroxylation sites is 1. The molecule has 7 heteroatoms. The molecule has 0 aliphatic carbocycles. The summed E-state index contributed by atoms with van der Waals surface area (Å²) in [5.74, 6) is 0.446.